The number of esters is 1. The van der Waals surface area contributed by atoms with E-state index in [2.05, 4.69) is 9.72 Å². The molecular weight excluding hydrogens is 309 g/mol. The second-order valence-corrected chi connectivity index (χ2v) is 4.92. The van der Waals surface area contributed by atoms with Gasteiger partial charge in [-0.1, -0.05) is 34.8 Å². The van der Waals surface area contributed by atoms with Crippen LogP contribution in [0.25, 0.3) is 11.3 Å². The normalized spacial score (nSPS) is 10.3. The standard InChI is InChI=1S/C13H8Cl3NO2/c1-19-13(18)7-4-11(16)12(17-6-7)9-5-8(14)2-3-10(9)15/h2-6H,1H3. The summed E-state index contributed by atoms with van der Waals surface area (Å²) < 4.78 is 4.59. The van der Waals surface area contributed by atoms with E-state index in [-0.39, 0.29) is 5.56 Å². The molecule has 0 radical (unpaired) electrons. The molecule has 0 aliphatic carbocycles. The Hall–Kier alpha value is -1.29. The number of hydrogen-bond acceptors (Lipinski definition) is 3. The average Bonchev–Trinajstić information content (AvgIpc) is 2.41. The Morgan fingerprint density at radius 1 is 1.16 bits per heavy atom. The van der Waals surface area contributed by atoms with E-state index in [9.17, 15) is 4.79 Å². The monoisotopic (exact) mass is 315 g/mol. The number of aromatic nitrogens is 1. The van der Waals surface area contributed by atoms with Crippen molar-refractivity contribution < 1.29 is 9.53 Å². The molecule has 0 spiro atoms. The molecule has 1 heterocycles. The molecule has 0 fully saturated rings. The third kappa shape index (κ3) is 3.00. The van der Waals surface area contributed by atoms with E-state index < -0.39 is 5.97 Å². The van der Waals surface area contributed by atoms with Gasteiger partial charge < -0.3 is 4.74 Å². The van der Waals surface area contributed by atoms with Crippen LogP contribution in [0.5, 0.6) is 0 Å². The molecule has 19 heavy (non-hydrogen) atoms. The molecule has 3 nitrogen and oxygen atoms in total. The van der Waals surface area contributed by atoms with Gasteiger partial charge in [-0.05, 0) is 24.3 Å². The number of pyridine rings is 1. The van der Waals surface area contributed by atoms with Crippen LogP contribution in [0.4, 0.5) is 0 Å². The second-order valence-electron chi connectivity index (χ2n) is 3.67. The number of carbonyl (C=O) groups is 1. The van der Waals surface area contributed by atoms with Crippen molar-refractivity contribution in [3.8, 4) is 11.3 Å². The van der Waals surface area contributed by atoms with E-state index in [1.165, 1.54) is 19.4 Å². The molecule has 0 N–H and O–H groups in total. The molecule has 0 bridgehead atoms. The predicted octanol–water partition coefficient (Wildman–Crippen LogP) is 4.50. The maximum Gasteiger partial charge on any atom is 0.339 e. The number of nitrogens with zero attached hydrogens (tertiary/aromatic N) is 1. The van der Waals surface area contributed by atoms with E-state index in [0.29, 0.717) is 26.3 Å². The molecule has 6 heteroatoms. The molecule has 0 amide bonds. The smallest absolute Gasteiger partial charge is 0.339 e. The Morgan fingerprint density at radius 3 is 2.53 bits per heavy atom. The fraction of sp³-hybridized carbons (Fsp3) is 0.0769. The highest BCUT2D eigenvalue weighted by molar-refractivity contribution is 6.37. The molecule has 1 aromatic heterocycles. The quantitative estimate of drug-likeness (QED) is 0.766. The minimum absolute atomic E-state index is 0.273. The lowest BCUT2D eigenvalue weighted by atomic mass is 10.1. The van der Waals surface area contributed by atoms with E-state index >= 15 is 0 Å². The van der Waals surface area contributed by atoms with Crippen molar-refractivity contribution in [1.29, 1.82) is 0 Å². The Labute approximate surface area is 125 Å². The van der Waals surface area contributed by atoms with E-state index in [1.54, 1.807) is 18.2 Å². The summed E-state index contributed by atoms with van der Waals surface area (Å²) in [6.45, 7) is 0. The van der Waals surface area contributed by atoms with Crippen molar-refractivity contribution in [3.05, 3.63) is 51.1 Å². The summed E-state index contributed by atoms with van der Waals surface area (Å²) in [5.41, 5.74) is 1.34. The van der Waals surface area contributed by atoms with E-state index in [0.717, 1.165) is 0 Å². The third-order valence-corrected chi connectivity index (χ3v) is 3.30. The van der Waals surface area contributed by atoms with Crippen LogP contribution in [-0.2, 0) is 4.74 Å². The van der Waals surface area contributed by atoms with Gasteiger partial charge in [0.25, 0.3) is 0 Å². The van der Waals surface area contributed by atoms with Gasteiger partial charge in [0.15, 0.2) is 0 Å². The molecule has 2 rings (SSSR count). The minimum Gasteiger partial charge on any atom is -0.465 e. The summed E-state index contributed by atoms with van der Waals surface area (Å²) in [4.78, 5) is 15.5. The largest absolute Gasteiger partial charge is 0.465 e. The zero-order valence-corrected chi connectivity index (χ0v) is 12.1. The van der Waals surface area contributed by atoms with Crippen molar-refractivity contribution in [2.75, 3.05) is 7.11 Å². The Balaban J connectivity index is 2.52. The highest BCUT2D eigenvalue weighted by Gasteiger charge is 2.13. The van der Waals surface area contributed by atoms with Crippen molar-refractivity contribution in [1.82, 2.24) is 4.98 Å². The minimum atomic E-state index is -0.502. The molecule has 0 atom stereocenters. The highest BCUT2D eigenvalue weighted by Crippen LogP contribution is 2.33. The van der Waals surface area contributed by atoms with Crippen LogP contribution in [0.1, 0.15) is 10.4 Å². The van der Waals surface area contributed by atoms with Crippen LogP contribution in [0.3, 0.4) is 0 Å². The first-order valence-corrected chi connectivity index (χ1v) is 6.35. The molecule has 1 aromatic carbocycles. The summed E-state index contributed by atoms with van der Waals surface area (Å²) in [5, 5.41) is 1.30. The molecule has 0 saturated carbocycles. The number of carbonyl (C=O) groups excluding carboxylic acids is 1. The number of rotatable bonds is 2. The van der Waals surface area contributed by atoms with E-state index in [4.69, 9.17) is 34.8 Å². The Bertz CT molecular complexity index is 644. The molecule has 0 aliphatic rings. The topological polar surface area (TPSA) is 39.2 Å². The fourth-order valence-corrected chi connectivity index (χ4v) is 2.19. The van der Waals surface area contributed by atoms with Crippen LogP contribution >= 0.6 is 34.8 Å². The summed E-state index contributed by atoms with van der Waals surface area (Å²) in [6, 6.07) is 6.47. The molecule has 0 unspecified atom stereocenters. The summed E-state index contributed by atoms with van der Waals surface area (Å²) in [7, 11) is 1.29. The highest BCUT2D eigenvalue weighted by atomic mass is 35.5. The molecule has 2 aromatic rings. The lowest BCUT2D eigenvalue weighted by molar-refractivity contribution is 0.0600. The first kappa shape index (κ1) is 14.1. The van der Waals surface area contributed by atoms with Crippen molar-refractivity contribution in [3.63, 3.8) is 0 Å². The van der Waals surface area contributed by atoms with Crippen LogP contribution in [0.15, 0.2) is 30.5 Å². The van der Waals surface area contributed by atoms with Gasteiger partial charge in [0.05, 0.1) is 28.4 Å². The zero-order valence-electron chi connectivity index (χ0n) is 9.78. The number of hydrogen-bond donors (Lipinski definition) is 0. The Morgan fingerprint density at radius 2 is 1.89 bits per heavy atom. The summed E-state index contributed by atoms with van der Waals surface area (Å²) in [5.74, 6) is -0.502. The summed E-state index contributed by atoms with van der Waals surface area (Å²) >= 11 is 18.1. The van der Waals surface area contributed by atoms with Crippen molar-refractivity contribution in [2.24, 2.45) is 0 Å². The van der Waals surface area contributed by atoms with Crippen molar-refractivity contribution in [2.45, 2.75) is 0 Å². The van der Waals surface area contributed by atoms with Crippen LogP contribution in [0.2, 0.25) is 15.1 Å². The van der Waals surface area contributed by atoms with Crippen molar-refractivity contribution >= 4 is 40.8 Å². The first-order chi connectivity index (χ1) is 9.02. The molecular formula is C13H8Cl3NO2. The van der Waals surface area contributed by atoms with Crippen LogP contribution in [-0.4, -0.2) is 18.1 Å². The van der Waals surface area contributed by atoms with Gasteiger partial charge in [-0.2, -0.15) is 0 Å². The van der Waals surface area contributed by atoms with E-state index in [1.807, 2.05) is 0 Å². The third-order valence-electron chi connectivity index (χ3n) is 2.45. The van der Waals surface area contributed by atoms with Gasteiger partial charge >= 0.3 is 5.97 Å². The maximum atomic E-state index is 11.4. The SMILES string of the molecule is COC(=O)c1cnc(-c2cc(Cl)ccc2Cl)c(Cl)c1. The van der Waals surface area contributed by atoms with Gasteiger partial charge in [0.2, 0.25) is 0 Å². The predicted molar refractivity (Wildman–Crippen MR) is 76.0 cm³/mol. The van der Waals surface area contributed by atoms with Gasteiger partial charge in [-0.3, -0.25) is 4.98 Å². The molecule has 98 valence electrons. The maximum absolute atomic E-state index is 11.4. The lowest BCUT2D eigenvalue weighted by Gasteiger charge is -2.07. The van der Waals surface area contributed by atoms with Gasteiger partial charge in [-0.25, -0.2) is 4.79 Å². The van der Waals surface area contributed by atoms with Gasteiger partial charge in [-0.15, -0.1) is 0 Å². The van der Waals surface area contributed by atoms with Gasteiger partial charge in [0.1, 0.15) is 0 Å². The summed E-state index contributed by atoms with van der Waals surface area (Å²) in [6.07, 6.45) is 1.38. The molecule has 0 aliphatic heterocycles. The number of ether oxygens (including phenoxy) is 1. The molecule has 0 saturated heterocycles. The van der Waals surface area contributed by atoms with Crippen LogP contribution < -0.4 is 0 Å². The lowest BCUT2D eigenvalue weighted by Crippen LogP contribution is -2.02. The second kappa shape index (κ2) is 5.78. The Kier molecular flexibility index (Phi) is 4.30. The first-order valence-electron chi connectivity index (χ1n) is 5.22. The zero-order chi connectivity index (χ0) is 14.0. The average molecular weight is 317 g/mol. The fourth-order valence-electron chi connectivity index (χ4n) is 1.54. The number of halogens is 3. The van der Waals surface area contributed by atoms with Gasteiger partial charge in [0, 0.05) is 16.8 Å². The number of benzene rings is 1. The van der Waals surface area contributed by atoms with Crippen LogP contribution in [0, 0.1) is 0 Å². The number of methoxy groups -OCH3 is 1.